The molecule has 0 saturated heterocycles. The highest BCUT2D eigenvalue weighted by Gasteiger charge is 2.08. The van der Waals surface area contributed by atoms with E-state index >= 15 is 0 Å². The highest BCUT2D eigenvalue weighted by molar-refractivity contribution is 6.51. The first-order valence-electron chi connectivity index (χ1n) is 5.46. The van der Waals surface area contributed by atoms with E-state index in [0.717, 1.165) is 6.61 Å². The van der Waals surface area contributed by atoms with Crippen LogP contribution in [0.2, 0.25) is 12.1 Å². The molecule has 0 atom stereocenters. The lowest BCUT2D eigenvalue weighted by Crippen LogP contribution is -2.17. The lowest BCUT2D eigenvalue weighted by Gasteiger charge is -2.13. The first kappa shape index (κ1) is 12.2. The maximum absolute atomic E-state index is 5.78. The van der Waals surface area contributed by atoms with Crippen LogP contribution < -0.4 is 0 Å². The average Bonchev–Trinajstić information content (AvgIpc) is 2.10. The second-order valence-corrected chi connectivity index (χ2v) is 6.09. The molecule has 0 amide bonds. The Hall–Kier alpha value is 0.177. The molecule has 0 unspecified atom stereocenters. The van der Waals surface area contributed by atoms with Crippen LogP contribution in [0, 0.1) is 0 Å². The summed E-state index contributed by atoms with van der Waals surface area (Å²) in [5.41, 5.74) is 0. The van der Waals surface area contributed by atoms with Crippen LogP contribution in [0.3, 0.4) is 0 Å². The molecule has 0 spiro atoms. The van der Waals surface area contributed by atoms with Gasteiger partial charge < -0.3 is 4.43 Å². The minimum Gasteiger partial charge on any atom is -0.420 e. The van der Waals surface area contributed by atoms with Crippen LogP contribution >= 0.6 is 0 Å². The largest absolute Gasteiger partial charge is 0.420 e. The molecule has 0 heterocycles. The summed E-state index contributed by atoms with van der Waals surface area (Å²) < 4.78 is 5.78. The fourth-order valence-corrected chi connectivity index (χ4v) is 4.23. The third-order valence-corrected chi connectivity index (χ3v) is 5.07. The monoisotopic (exact) mass is 188 g/mol. The molecule has 0 bridgehead atoms. The summed E-state index contributed by atoms with van der Waals surface area (Å²) in [7, 11) is -0.769. The van der Waals surface area contributed by atoms with Gasteiger partial charge in [0.15, 0.2) is 9.04 Å². The topological polar surface area (TPSA) is 9.23 Å². The lowest BCUT2D eigenvalue weighted by molar-refractivity contribution is 0.339. The van der Waals surface area contributed by atoms with Crippen LogP contribution in [0.4, 0.5) is 0 Å². The molecule has 0 aromatic heterocycles. The molecule has 74 valence electrons. The maximum Gasteiger partial charge on any atom is 0.176 e. The second kappa shape index (κ2) is 9.27. The van der Waals surface area contributed by atoms with Crippen molar-refractivity contribution < 1.29 is 4.43 Å². The van der Waals surface area contributed by atoms with Crippen molar-refractivity contribution in [2.75, 3.05) is 6.61 Å². The Morgan fingerprint density at radius 2 is 1.42 bits per heavy atom. The van der Waals surface area contributed by atoms with Crippen LogP contribution in [0.25, 0.3) is 0 Å². The number of rotatable bonds is 8. The highest BCUT2D eigenvalue weighted by Crippen LogP contribution is 2.10. The zero-order chi connectivity index (χ0) is 9.23. The van der Waals surface area contributed by atoms with Crippen LogP contribution in [-0.4, -0.2) is 15.6 Å². The Bertz CT molecular complexity index is 77.9. The molecule has 0 aliphatic rings. The van der Waals surface area contributed by atoms with E-state index in [-0.39, 0.29) is 0 Å². The Kier molecular flexibility index (Phi) is 9.40. The third-order valence-electron chi connectivity index (χ3n) is 2.16. The Morgan fingerprint density at radius 3 is 1.75 bits per heavy atom. The SMILES string of the molecule is CCCC[SiH](CCCC)OCC. The van der Waals surface area contributed by atoms with Gasteiger partial charge in [0.25, 0.3) is 0 Å². The minimum absolute atomic E-state index is 0.769. The second-order valence-electron chi connectivity index (χ2n) is 3.36. The summed E-state index contributed by atoms with van der Waals surface area (Å²) in [6, 6.07) is 2.79. The zero-order valence-electron chi connectivity index (χ0n) is 8.94. The molecule has 0 aromatic carbocycles. The maximum atomic E-state index is 5.78. The van der Waals surface area contributed by atoms with Gasteiger partial charge in [-0.25, -0.2) is 0 Å². The van der Waals surface area contributed by atoms with E-state index < -0.39 is 9.04 Å². The number of unbranched alkanes of at least 4 members (excludes halogenated alkanes) is 2. The molecular weight excluding hydrogens is 164 g/mol. The first-order chi connectivity index (χ1) is 5.85. The van der Waals surface area contributed by atoms with Crippen molar-refractivity contribution in [2.24, 2.45) is 0 Å². The molecule has 0 aliphatic carbocycles. The van der Waals surface area contributed by atoms with E-state index in [2.05, 4.69) is 20.8 Å². The Labute approximate surface area is 79.2 Å². The van der Waals surface area contributed by atoms with Gasteiger partial charge in [-0.3, -0.25) is 0 Å². The van der Waals surface area contributed by atoms with E-state index in [4.69, 9.17) is 4.43 Å². The number of hydrogen-bond donors (Lipinski definition) is 0. The van der Waals surface area contributed by atoms with Crippen molar-refractivity contribution in [3.63, 3.8) is 0 Å². The molecule has 0 radical (unpaired) electrons. The summed E-state index contributed by atoms with van der Waals surface area (Å²) in [4.78, 5) is 0. The molecule has 0 aromatic rings. The number of hydrogen-bond acceptors (Lipinski definition) is 1. The normalized spacial score (nSPS) is 11.0. The van der Waals surface area contributed by atoms with Crippen LogP contribution in [-0.2, 0) is 4.43 Å². The smallest absolute Gasteiger partial charge is 0.176 e. The van der Waals surface area contributed by atoms with Gasteiger partial charge >= 0.3 is 0 Å². The fourth-order valence-electron chi connectivity index (χ4n) is 1.41. The molecule has 1 nitrogen and oxygen atoms in total. The summed E-state index contributed by atoms with van der Waals surface area (Å²) in [5.74, 6) is 0. The molecule has 0 rings (SSSR count). The Balaban J connectivity index is 3.40. The molecule has 0 aliphatic heterocycles. The van der Waals surface area contributed by atoms with E-state index in [1.165, 1.54) is 37.8 Å². The van der Waals surface area contributed by atoms with Gasteiger partial charge in [0.1, 0.15) is 0 Å². The summed E-state index contributed by atoms with van der Waals surface area (Å²) in [5, 5.41) is 0. The van der Waals surface area contributed by atoms with E-state index in [1.807, 2.05) is 0 Å². The van der Waals surface area contributed by atoms with Gasteiger partial charge in [-0.2, -0.15) is 0 Å². The molecule has 2 heteroatoms. The minimum atomic E-state index is -0.769. The third kappa shape index (κ3) is 6.86. The summed E-state index contributed by atoms with van der Waals surface area (Å²) in [6.45, 7) is 7.58. The van der Waals surface area contributed by atoms with Crippen molar-refractivity contribution in [1.82, 2.24) is 0 Å². The highest BCUT2D eigenvalue weighted by atomic mass is 28.3. The van der Waals surface area contributed by atoms with Crippen molar-refractivity contribution in [2.45, 2.75) is 58.5 Å². The fraction of sp³-hybridized carbons (Fsp3) is 1.00. The average molecular weight is 188 g/mol. The summed E-state index contributed by atoms with van der Waals surface area (Å²) >= 11 is 0. The zero-order valence-corrected chi connectivity index (χ0v) is 10.1. The van der Waals surface area contributed by atoms with Crippen LogP contribution in [0.1, 0.15) is 46.5 Å². The summed E-state index contributed by atoms with van der Waals surface area (Å²) in [6.07, 6.45) is 5.40. The van der Waals surface area contributed by atoms with Gasteiger partial charge in [-0.05, 0) is 19.0 Å². The van der Waals surface area contributed by atoms with Crippen LogP contribution in [0.15, 0.2) is 0 Å². The van der Waals surface area contributed by atoms with Gasteiger partial charge in [0, 0.05) is 6.61 Å². The Morgan fingerprint density at radius 1 is 0.917 bits per heavy atom. The van der Waals surface area contributed by atoms with Crippen molar-refractivity contribution in [1.29, 1.82) is 0 Å². The van der Waals surface area contributed by atoms with Crippen molar-refractivity contribution in [3.8, 4) is 0 Å². The molecule has 0 saturated carbocycles. The predicted molar refractivity (Wildman–Crippen MR) is 58.2 cm³/mol. The molecule has 12 heavy (non-hydrogen) atoms. The molecular formula is C10H24OSi. The van der Waals surface area contributed by atoms with Crippen molar-refractivity contribution in [3.05, 3.63) is 0 Å². The van der Waals surface area contributed by atoms with Crippen LogP contribution in [0.5, 0.6) is 0 Å². The standard InChI is InChI=1S/C10H24OSi/c1-4-7-9-12(11-6-3)10-8-5-2/h12H,4-10H2,1-3H3. The van der Waals surface area contributed by atoms with E-state index in [0.29, 0.717) is 0 Å². The first-order valence-corrected chi connectivity index (χ1v) is 7.57. The van der Waals surface area contributed by atoms with Gasteiger partial charge in [-0.15, -0.1) is 0 Å². The van der Waals surface area contributed by atoms with Gasteiger partial charge in [-0.1, -0.05) is 39.5 Å². The lowest BCUT2D eigenvalue weighted by atomic mass is 10.4. The van der Waals surface area contributed by atoms with Crippen molar-refractivity contribution >= 4 is 9.04 Å². The molecule has 0 fully saturated rings. The van der Waals surface area contributed by atoms with E-state index in [9.17, 15) is 0 Å². The quantitative estimate of drug-likeness (QED) is 0.531. The van der Waals surface area contributed by atoms with Gasteiger partial charge in [0.05, 0.1) is 0 Å². The predicted octanol–water partition coefficient (Wildman–Crippen LogP) is 3.35. The van der Waals surface area contributed by atoms with E-state index in [1.54, 1.807) is 0 Å². The van der Waals surface area contributed by atoms with Gasteiger partial charge in [0.2, 0.25) is 0 Å². The molecule has 0 N–H and O–H groups in total.